The fraction of sp³-hybridized carbons (Fsp3) is 0.375. The van der Waals surface area contributed by atoms with E-state index in [-0.39, 0.29) is 0 Å². The van der Waals surface area contributed by atoms with Crippen molar-refractivity contribution < 1.29 is 4.42 Å². The molecule has 1 aromatic carbocycles. The molecule has 1 aromatic heterocycles. The standard InChI is InChI=1S/C16H22N2O/c1-13(2)15-7-3-4-8-16(15)18-10-9-17-12-14-6-5-11-19-14/h3-8,11,13,17-18H,9-10,12H2,1-2H3. The monoisotopic (exact) mass is 258 g/mol. The van der Waals surface area contributed by atoms with Gasteiger partial charge in [-0.2, -0.15) is 0 Å². The minimum atomic E-state index is 0.541. The molecule has 0 aliphatic heterocycles. The zero-order chi connectivity index (χ0) is 13.5. The minimum absolute atomic E-state index is 0.541. The Morgan fingerprint density at radius 3 is 2.63 bits per heavy atom. The molecule has 1 heterocycles. The van der Waals surface area contributed by atoms with Gasteiger partial charge < -0.3 is 15.1 Å². The second-order valence-electron chi connectivity index (χ2n) is 4.92. The first kappa shape index (κ1) is 13.7. The maximum atomic E-state index is 5.27. The van der Waals surface area contributed by atoms with E-state index in [1.807, 2.05) is 12.1 Å². The molecule has 0 saturated carbocycles. The van der Waals surface area contributed by atoms with E-state index in [1.54, 1.807) is 6.26 Å². The van der Waals surface area contributed by atoms with E-state index >= 15 is 0 Å². The number of anilines is 1. The first-order chi connectivity index (χ1) is 9.27. The van der Waals surface area contributed by atoms with Crippen LogP contribution in [-0.2, 0) is 6.54 Å². The highest BCUT2D eigenvalue weighted by Crippen LogP contribution is 2.23. The quantitative estimate of drug-likeness (QED) is 0.745. The van der Waals surface area contributed by atoms with E-state index in [0.29, 0.717) is 5.92 Å². The molecule has 0 unspecified atom stereocenters. The molecular weight excluding hydrogens is 236 g/mol. The third-order valence-electron chi connectivity index (χ3n) is 3.08. The third kappa shape index (κ3) is 4.14. The van der Waals surface area contributed by atoms with E-state index in [2.05, 4.69) is 48.7 Å². The molecule has 102 valence electrons. The van der Waals surface area contributed by atoms with E-state index in [0.717, 1.165) is 25.4 Å². The normalized spacial score (nSPS) is 10.9. The number of hydrogen-bond acceptors (Lipinski definition) is 3. The first-order valence-corrected chi connectivity index (χ1v) is 6.83. The smallest absolute Gasteiger partial charge is 0.117 e. The van der Waals surface area contributed by atoms with Crippen LogP contribution in [0.1, 0.15) is 31.1 Å². The van der Waals surface area contributed by atoms with Crippen LogP contribution in [-0.4, -0.2) is 13.1 Å². The van der Waals surface area contributed by atoms with Gasteiger partial charge in [0.05, 0.1) is 12.8 Å². The Labute approximate surface area is 115 Å². The van der Waals surface area contributed by atoms with E-state index in [1.165, 1.54) is 11.3 Å². The predicted octanol–water partition coefficient (Wildman–Crippen LogP) is 3.60. The number of rotatable bonds is 7. The van der Waals surface area contributed by atoms with Gasteiger partial charge in [-0.15, -0.1) is 0 Å². The number of hydrogen-bond donors (Lipinski definition) is 2. The zero-order valence-corrected chi connectivity index (χ0v) is 11.6. The molecule has 2 rings (SSSR count). The van der Waals surface area contributed by atoms with Gasteiger partial charge in [0.25, 0.3) is 0 Å². The third-order valence-corrected chi connectivity index (χ3v) is 3.08. The molecule has 3 nitrogen and oxygen atoms in total. The summed E-state index contributed by atoms with van der Waals surface area (Å²) in [6.45, 7) is 7.03. The molecule has 0 fully saturated rings. The molecule has 0 radical (unpaired) electrons. The molecule has 19 heavy (non-hydrogen) atoms. The Bertz CT molecular complexity index is 477. The molecule has 0 aliphatic rings. The molecule has 0 spiro atoms. The molecule has 0 aliphatic carbocycles. The Balaban J connectivity index is 1.73. The lowest BCUT2D eigenvalue weighted by Gasteiger charge is -2.14. The van der Waals surface area contributed by atoms with E-state index in [9.17, 15) is 0 Å². The summed E-state index contributed by atoms with van der Waals surface area (Å²) in [7, 11) is 0. The second kappa shape index (κ2) is 7.00. The maximum Gasteiger partial charge on any atom is 0.117 e. The average Bonchev–Trinajstić information content (AvgIpc) is 2.92. The summed E-state index contributed by atoms with van der Waals surface area (Å²) < 4.78 is 5.27. The topological polar surface area (TPSA) is 37.2 Å². The second-order valence-corrected chi connectivity index (χ2v) is 4.92. The van der Waals surface area contributed by atoms with Gasteiger partial charge in [-0.1, -0.05) is 32.0 Å². The maximum absolute atomic E-state index is 5.27. The van der Waals surface area contributed by atoms with Crippen LogP contribution in [0.15, 0.2) is 47.1 Å². The van der Waals surface area contributed by atoms with Crippen molar-refractivity contribution in [3.8, 4) is 0 Å². The summed E-state index contributed by atoms with van der Waals surface area (Å²) in [5, 5.41) is 6.83. The Morgan fingerprint density at radius 2 is 1.89 bits per heavy atom. The van der Waals surface area contributed by atoms with Gasteiger partial charge in [-0.05, 0) is 29.7 Å². The van der Waals surface area contributed by atoms with Crippen molar-refractivity contribution >= 4 is 5.69 Å². The molecule has 3 heteroatoms. The highest BCUT2D eigenvalue weighted by atomic mass is 16.3. The number of nitrogens with one attached hydrogen (secondary N) is 2. The molecule has 2 aromatic rings. The SMILES string of the molecule is CC(C)c1ccccc1NCCNCc1ccco1. The van der Waals surface area contributed by atoms with Crippen molar-refractivity contribution in [2.45, 2.75) is 26.3 Å². The van der Waals surface area contributed by atoms with Gasteiger partial charge >= 0.3 is 0 Å². The Morgan fingerprint density at radius 1 is 1.05 bits per heavy atom. The van der Waals surface area contributed by atoms with Gasteiger partial charge in [0.2, 0.25) is 0 Å². The average molecular weight is 258 g/mol. The molecule has 0 saturated heterocycles. The zero-order valence-electron chi connectivity index (χ0n) is 11.6. The van der Waals surface area contributed by atoms with Crippen LogP contribution in [0, 0.1) is 0 Å². The van der Waals surface area contributed by atoms with Gasteiger partial charge in [0.1, 0.15) is 5.76 Å². The van der Waals surface area contributed by atoms with Crippen LogP contribution in [0.25, 0.3) is 0 Å². The molecule has 0 atom stereocenters. The van der Waals surface area contributed by atoms with Crippen LogP contribution < -0.4 is 10.6 Å². The van der Waals surface area contributed by atoms with Crippen LogP contribution >= 0.6 is 0 Å². The summed E-state index contributed by atoms with van der Waals surface area (Å²) in [5.74, 6) is 1.52. The van der Waals surface area contributed by atoms with Gasteiger partial charge in [-0.3, -0.25) is 0 Å². The van der Waals surface area contributed by atoms with Crippen molar-refractivity contribution in [1.82, 2.24) is 5.32 Å². The van der Waals surface area contributed by atoms with Crippen LogP contribution in [0.5, 0.6) is 0 Å². The number of furan rings is 1. The molecule has 0 bridgehead atoms. The molecular formula is C16H22N2O. The Kier molecular flexibility index (Phi) is 5.04. The predicted molar refractivity (Wildman–Crippen MR) is 79.4 cm³/mol. The van der Waals surface area contributed by atoms with Gasteiger partial charge in [-0.25, -0.2) is 0 Å². The lowest BCUT2D eigenvalue weighted by atomic mass is 10.0. The Hall–Kier alpha value is -1.74. The highest BCUT2D eigenvalue weighted by molar-refractivity contribution is 5.52. The highest BCUT2D eigenvalue weighted by Gasteiger charge is 2.04. The van der Waals surface area contributed by atoms with Gasteiger partial charge in [0.15, 0.2) is 0 Å². The van der Waals surface area contributed by atoms with Crippen LogP contribution in [0.4, 0.5) is 5.69 Å². The van der Waals surface area contributed by atoms with Crippen LogP contribution in [0.2, 0.25) is 0 Å². The fourth-order valence-electron chi connectivity index (χ4n) is 2.07. The van der Waals surface area contributed by atoms with Crippen molar-refractivity contribution in [3.63, 3.8) is 0 Å². The lowest BCUT2D eigenvalue weighted by Crippen LogP contribution is -2.22. The summed E-state index contributed by atoms with van der Waals surface area (Å²) in [6, 6.07) is 12.4. The van der Waals surface area contributed by atoms with E-state index < -0.39 is 0 Å². The number of para-hydroxylation sites is 1. The van der Waals surface area contributed by atoms with Crippen molar-refractivity contribution in [2.75, 3.05) is 18.4 Å². The summed E-state index contributed by atoms with van der Waals surface area (Å²) in [4.78, 5) is 0. The van der Waals surface area contributed by atoms with Crippen LogP contribution in [0.3, 0.4) is 0 Å². The lowest BCUT2D eigenvalue weighted by molar-refractivity contribution is 0.486. The van der Waals surface area contributed by atoms with Gasteiger partial charge in [0, 0.05) is 18.8 Å². The minimum Gasteiger partial charge on any atom is -0.468 e. The largest absolute Gasteiger partial charge is 0.468 e. The molecule has 0 amide bonds. The van der Waals surface area contributed by atoms with Crippen molar-refractivity contribution in [1.29, 1.82) is 0 Å². The summed E-state index contributed by atoms with van der Waals surface area (Å²) in [5.41, 5.74) is 2.60. The summed E-state index contributed by atoms with van der Waals surface area (Å²) in [6.07, 6.45) is 1.70. The number of benzene rings is 1. The fourth-order valence-corrected chi connectivity index (χ4v) is 2.07. The summed E-state index contributed by atoms with van der Waals surface area (Å²) >= 11 is 0. The molecule has 2 N–H and O–H groups in total. The van der Waals surface area contributed by atoms with Crippen molar-refractivity contribution in [3.05, 3.63) is 54.0 Å². The van der Waals surface area contributed by atoms with E-state index in [4.69, 9.17) is 4.42 Å². The van der Waals surface area contributed by atoms with Crippen molar-refractivity contribution in [2.24, 2.45) is 0 Å². The first-order valence-electron chi connectivity index (χ1n) is 6.83.